The highest BCUT2D eigenvalue weighted by atomic mass is 19.4. The Balaban J connectivity index is 1.47. The summed E-state index contributed by atoms with van der Waals surface area (Å²) in [6.07, 6.45) is -1.37. The van der Waals surface area contributed by atoms with E-state index in [4.69, 9.17) is 9.47 Å². The fraction of sp³-hybridized carbons (Fsp3) is 0.222. The molecule has 1 aliphatic heterocycles. The fourth-order valence-electron chi connectivity index (χ4n) is 3.96. The number of rotatable bonds is 9. The van der Waals surface area contributed by atoms with Crippen LogP contribution in [0.1, 0.15) is 39.0 Å². The summed E-state index contributed by atoms with van der Waals surface area (Å²) in [5.74, 6) is 0.487. The fourth-order valence-corrected chi connectivity index (χ4v) is 3.96. The van der Waals surface area contributed by atoms with Crippen LogP contribution in [0.25, 0.3) is 17.2 Å². The Labute approximate surface area is 205 Å². The van der Waals surface area contributed by atoms with E-state index in [1.807, 2.05) is 0 Å². The molecule has 0 aromatic heterocycles. The first-order valence-electron chi connectivity index (χ1n) is 11.2. The van der Waals surface area contributed by atoms with Crippen LogP contribution in [0, 0.1) is 0 Å². The van der Waals surface area contributed by atoms with Gasteiger partial charge in [0, 0.05) is 29.7 Å². The second kappa shape index (κ2) is 10.8. The Hall–Kier alpha value is -3.82. The number of aldehydes is 1. The van der Waals surface area contributed by atoms with Crippen molar-refractivity contribution < 1.29 is 37.7 Å². The summed E-state index contributed by atoms with van der Waals surface area (Å²) in [6, 6.07) is 13.0. The number of carbonyl (C=O) groups excluding carboxylic acids is 1. The third-order valence-corrected chi connectivity index (χ3v) is 5.75. The summed E-state index contributed by atoms with van der Waals surface area (Å²) >= 11 is 0. The molecule has 6 nitrogen and oxygen atoms in total. The largest absolute Gasteiger partial charge is 0.508 e. The van der Waals surface area contributed by atoms with E-state index >= 15 is 0 Å². The van der Waals surface area contributed by atoms with Gasteiger partial charge in [-0.05, 0) is 47.0 Å². The third-order valence-electron chi connectivity index (χ3n) is 5.75. The third kappa shape index (κ3) is 5.87. The van der Waals surface area contributed by atoms with Crippen molar-refractivity contribution in [1.29, 1.82) is 0 Å². The number of fused-ring (bicyclic) bond motifs is 1. The molecular weight excluding hydrogens is 475 g/mol. The first-order chi connectivity index (χ1) is 17.3. The van der Waals surface area contributed by atoms with E-state index in [1.54, 1.807) is 30.3 Å². The van der Waals surface area contributed by atoms with Gasteiger partial charge in [0.15, 0.2) is 6.29 Å². The molecule has 3 aromatic rings. The molecule has 3 N–H and O–H groups in total. The van der Waals surface area contributed by atoms with Gasteiger partial charge in [-0.2, -0.15) is 13.2 Å². The Morgan fingerprint density at radius 2 is 1.92 bits per heavy atom. The second-order valence-electron chi connectivity index (χ2n) is 8.25. The summed E-state index contributed by atoms with van der Waals surface area (Å²) in [6.45, 7) is 0.372. The molecule has 0 amide bonds. The first kappa shape index (κ1) is 25.3. The molecule has 0 bridgehead atoms. The first-order valence-corrected chi connectivity index (χ1v) is 11.2. The van der Waals surface area contributed by atoms with E-state index in [1.165, 1.54) is 24.5 Å². The van der Waals surface area contributed by atoms with Crippen molar-refractivity contribution in [1.82, 2.24) is 5.32 Å². The van der Waals surface area contributed by atoms with Gasteiger partial charge in [0.05, 0.1) is 18.4 Å². The van der Waals surface area contributed by atoms with E-state index in [2.05, 4.69) is 5.32 Å². The highest BCUT2D eigenvalue weighted by molar-refractivity contribution is 5.96. The zero-order valence-electron chi connectivity index (χ0n) is 19.1. The van der Waals surface area contributed by atoms with E-state index < -0.39 is 18.0 Å². The number of phenolic OH excluding ortho intramolecular Hbond substituents is 1. The van der Waals surface area contributed by atoms with Crippen LogP contribution < -0.4 is 10.1 Å². The minimum Gasteiger partial charge on any atom is -0.508 e. The molecule has 0 spiro atoms. The van der Waals surface area contributed by atoms with E-state index in [-0.39, 0.29) is 31.9 Å². The highest BCUT2D eigenvalue weighted by Crippen LogP contribution is 2.39. The lowest BCUT2D eigenvalue weighted by atomic mass is 9.91. The predicted molar refractivity (Wildman–Crippen MR) is 127 cm³/mol. The van der Waals surface area contributed by atoms with Gasteiger partial charge in [0.2, 0.25) is 0 Å². The van der Waals surface area contributed by atoms with Gasteiger partial charge in [-0.3, -0.25) is 10.1 Å². The van der Waals surface area contributed by atoms with Crippen LogP contribution in [0.3, 0.4) is 0 Å². The van der Waals surface area contributed by atoms with Crippen LogP contribution in [-0.4, -0.2) is 29.3 Å². The second-order valence-corrected chi connectivity index (χ2v) is 8.25. The molecule has 0 saturated carbocycles. The molecule has 1 heterocycles. The molecule has 1 atom stereocenters. The topological polar surface area (TPSA) is 88.0 Å². The molecule has 0 saturated heterocycles. The lowest BCUT2D eigenvalue weighted by Crippen LogP contribution is -2.30. The number of aromatic hydroxyl groups is 1. The maximum atomic E-state index is 12.9. The predicted octanol–water partition coefficient (Wildman–Crippen LogP) is 5.27. The summed E-state index contributed by atoms with van der Waals surface area (Å²) in [5, 5.41) is 22.7. The number of hydrogen-bond donors (Lipinski definition) is 3. The zero-order chi connectivity index (χ0) is 25.7. The van der Waals surface area contributed by atoms with E-state index in [0.29, 0.717) is 28.0 Å². The standard InChI is InChI=1S/C27H24F3NO5/c28-27(29,30)20-3-1-2-17(12-20)14-31-25(34)9-11-36-24-13-19-16-35-10-8-22(19)23(15-32)26(24)18-4-6-21(33)7-5-18/h1-8,10,12-13,15,25,31,33-34H,9,11,14,16H2/t25-/m0/s1. The van der Waals surface area contributed by atoms with Crippen molar-refractivity contribution in [2.75, 3.05) is 6.61 Å². The zero-order valence-corrected chi connectivity index (χ0v) is 19.1. The number of phenols is 1. The van der Waals surface area contributed by atoms with Gasteiger partial charge in [0.1, 0.15) is 24.3 Å². The summed E-state index contributed by atoms with van der Waals surface area (Å²) in [5.41, 5.74) is 2.74. The van der Waals surface area contributed by atoms with Crippen molar-refractivity contribution >= 4 is 12.4 Å². The molecule has 3 aromatic carbocycles. The van der Waals surface area contributed by atoms with E-state index in [9.17, 15) is 28.2 Å². The number of aliphatic hydroxyl groups is 1. The quantitative estimate of drug-likeness (QED) is 0.275. The number of halogens is 3. The van der Waals surface area contributed by atoms with Crippen LogP contribution in [0.15, 0.2) is 60.9 Å². The normalized spacial score (nSPS) is 13.6. The molecule has 0 radical (unpaired) electrons. The van der Waals surface area contributed by atoms with Crippen LogP contribution in [-0.2, 0) is 24.1 Å². The Bertz CT molecular complexity index is 1260. The Kier molecular flexibility index (Phi) is 7.61. The maximum absolute atomic E-state index is 12.9. The van der Waals surface area contributed by atoms with Crippen LogP contribution in [0.5, 0.6) is 11.5 Å². The minimum atomic E-state index is -4.44. The summed E-state index contributed by atoms with van der Waals surface area (Å²) in [4.78, 5) is 12.1. The van der Waals surface area contributed by atoms with Gasteiger partial charge in [-0.15, -0.1) is 0 Å². The average molecular weight is 499 g/mol. The molecule has 0 unspecified atom stereocenters. The van der Waals surface area contributed by atoms with Crippen molar-refractivity contribution in [3.8, 4) is 22.6 Å². The number of carbonyl (C=O) groups is 1. The minimum absolute atomic E-state index is 0.0433. The Morgan fingerprint density at radius 3 is 2.64 bits per heavy atom. The van der Waals surface area contributed by atoms with Crippen LogP contribution in [0.4, 0.5) is 13.2 Å². The van der Waals surface area contributed by atoms with Gasteiger partial charge in [0.25, 0.3) is 0 Å². The number of benzene rings is 3. The van der Waals surface area contributed by atoms with Gasteiger partial charge < -0.3 is 19.7 Å². The number of hydrogen-bond acceptors (Lipinski definition) is 6. The molecule has 1 aliphatic rings. The van der Waals surface area contributed by atoms with Gasteiger partial charge >= 0.3 is 6.18 Å². The molecule has 36 heavy (non-hydrogen) atoms. The summed E-state index contributed by atoms with van der Waals surface area (Å²) < 4.78 is 50.0. The van der Waals surface area contributed by atoms with Crippen LogP contribution >= 0.6 is 0 Å². The highest BCUT2D eigenvalue weighted by Gasteiger charge is 2.30. The smallest absolute Gasteiger partial charge is 0.416 e. The number of alkyl halides is 3. The van der Waals surface area contributed by atoms with E-state index in [0.717, 1.165) is 29.5 Å². The van der Waals surface area contributed by atoms with Crippen LogP contribution in [0.2, 0.25) is 0 Å². The maximum Gasteiger partial charge on any atom is 0.416 e. The van der Waals surface area contributed by atoms with Crippen molar-refractivity contribution in [3.63, 3.8) is 0 Å². The van der Waals surface area contributed by atoms with Gasteiger partial charge in [-0.25, -0.2) is 0 Å². The molecule has 188 valence electrons. The average Bonchev–Trinajstić information content (AvgIpc) is 2.87. The Morgan fingerprint density at radius 1 is 1.14 bits per heavy atom. The molecule has 9 heteroatoms. The lowest BCUT2D eigenvalue weighted by Gasteiger charge is -2.21. The molecule has 0 fully saturated rings. The lowest BCUT2D eigenvalue weighted by molar-refractivity contribution is -0.137. The molecular formula is C27H24F3NO5. The monoisotopic (exact) mass is 499 g/mol. The summed E-state index contributed by atoms with van der Waals surface area (Å²) in [7, 11) is 0. The van der Waals surface area contributed by atoms with Gasteiger partial charge in [-0.1, -0.05) is 30.3 Å². The molecule has 4 rings (SSSR count). The van der Waals surface area contributed by atoms with Crippen molar-refractivity contribution in [2.24, 2.45) is 0 Å². The SMILES string of the molecule is O=Cc1c2c(cc(OCC[C@H](O)NCc3cccc(C(F)(F)F)c3)c1-c1ccc(O)cc1)COC=C2. The number of ether oxygens (including phenoxy) is 2. The number of nitrogens with one attached hydrogen (secondary N) is 1. The number of aliphatic hydroxyl groups excluding tert-OH is 1. The molecule has 0 aliphatic carbocycles. The van der Waals surface area contributed by atoms with Crippen molar-refractivity contribution in [2.45, 2.75) is 32.0 Å². The van der Waals surface area contributed by atoms with Crippen molar-refractivity contribution in [3.05, 3.63) is 88.7 Å².